The van der Waals surface area contributed by atoms with Crippen LogP contribution in [0.3, 0.4) is 0 Å². The molecule has 1 N–H and O–H groups in total. The van der Waals surface area contributed by atoms with Crippen LogP contribution in [-0.4, -0.2) is 31.6 Å². The number of fused-ring (bicyclic) bond motifs is 1. The van der Waals surface area contributed by atoms with Crippen molar-refractivity contribution in [2.45, 2.75) is 26.8 Å². The molecule has 4 nitrogen and oxygen atoms in total. The lowest BCUT2D eigenvalue weighted by molar-refractivity contribution is -0.121. The van der Waals surface area contributed by atoms with Gasteiger partial charge in [0, 0.05) is 17.1 Å². The highest BCUT2D eigenvalue weighted by Crippen LogP contribution is 2.34. The van der Waals surface area contributed by atoms with Crippen molar-refractivity contribution in [3.05, 3.63) is 22.7 Å². The van der Waals surface area contributed by atoms with Crippen molar-refractivity contribution in [3.8, 4) is 5.75 Å². The highest BCUT2D eigenvalue weighted by molar-refractivity contribution is 9.10. The fourth-order valence-electron chi connectivity index (χ4n) is 2.19. The van der Waals surface area contributed by atoms with Crippen LogP contribution >= 0.6 is 15.9 Å². The molecule has 1 aromatic carbocycles. The first kappa shape index (κ1) is 15.3. The third-order valence-corrected chi connectivity index (χ3v) is 3.73. The molecule has 0 radical (unpaired) electrons. The number of hydrogen-bond donors (Lipinski definition) is 1. The number of anilines is 1. The van der Waals surface area contributed by atoms with Crippen LogP contribution in [0.4, 0.5) is 5.69 Å². The minimum Gasteiger partial charge on any atom is -0.482 e. The van der Waals surface area contributed by atoms with Gasteiger partial charge >= 0.3 is 0 Å². The van der Waals surface area contributed by atoms with Gasteiger partial charge in [-0.3, -0.25) is 4.79 Å². The number of hydrogen-bond acceptors (Lipinski definition) is 3. The summed E-state index contributed by atoms with van der Waals surface area (Å²) < 4.78 is 6.42. The zero-order valence-corrected chi connectivity index (χ0v) is 13.7. The number of benzene rings is 1. The number of carbonyl (C=O) groups excluding carboxylic acids is 1. The second kappa shape index (κ2) is 6.59. The number of nitrogens with one attached hydrogen (secondary N) is 1. The smallest absolute Gasteiger partial charge is 0.265 e. The van der Waals surface area contributed by atoms with E-state index in [-0.39, 0.29) is 12.5 Å². The van der Waals surface area contributed by atoms with E-state index in [9.17, 15) is 4.79 Å². The molecule has 5 heteroatoms. The van der Waals surface area contributed by atoms with Crippen LogP contribution in [0.1, 0.15) is 20.8 Å². The van der Waals surface area contributed by atoms with Gasteiger partial charge in [0.05, 0.1) is 5.69 Å². The van der Waals surface area contributed by atoms with Crippen molar-refractivity contribution in [2.24, 2.45) is 5.92 Å². The maximum absolute atomic E-state index is 12.1. The molecule has 1 atom stereocenters. The topological polar surface area (TPSA) is 41.6 Å². The van der Waals surface area contributed by atoms with Crippen molar-refractivity contribution in [2.75, 3.05) is 24.6 Å². The average molecular weight is 341 g/mol. The Hall–Kier alpha value is -1.07. The first-order valence-corrected chi connectivity index (χ1v) is 7.72. The van der Waals surface area contributed by atoms with Crippen molar-refractivity contribution in [1.82, 2.24) is 5.32 Å². The zero-order valence-electron chi connectivity index (χ0n) is 12.1. The summed E-state index contributed by atoms with van der Waals surface area (Å²) >= 11 is 3.45. The first-order chi connectivity index (χ1) is 9.47. The van der Waals surface area contributed by atoms with E-state index in [1.54, 1.807) is 0 Å². The van der Waals surface area contributed by atoms with E-state index >= 15 is 0 Å². The second-order valence-electron chi connectivity index (χ2n) is 5.57. The average Bonchev–Trinajstić information content (AvgIpc) is 2.40. The van der Waals surface area contributed by atoms with Crippen molar-refractivity contribution < 1.29 is 9.53 Å². The number of ether oxygens (including phenoxy) is 1. The quantitative estimate of drug-likeness (QED) is 0.896. The van der Waals surface area contributed by atoms with E-state index in [1.165, 1.54) is 0 Å². The van der Waals surface area contributed by atoms with Crippen LogP contribution in [0.5, 0.6) is 5.75 Å². The molecule has 0 aliphatic carbocycles. The van der Waals surface area contributed by atoms with Crippen LogP contribution in [0.15, 0.2) is 22.7 Å². The second-order valence-corrected chi connectivity index (χ2v) is 6.49. The Bertz CT molecular complexity index is 491. The SMILES string of the molecule is CC(CNC(C)C)CN1C(=O)COc2ccc(Br)cc21. The number of nitrogens with zero attached hydrogens (tertiary/aromatic N) is 1. The molecule has 1 unspecified atom stereocenters. The Balaban J connectivity index is 2.11. The van der Waals surface area contributed by atoms with Gasteiger partial charge in [0.2, 0.25) is 0 Å². The van der Waals surface area contributed by atoms with Crippen LogP contribution in [0.2, 0.25) is 0 Å². The molecule has 20 heavy (non-hydrogen) atoms. The lowest BCUT2D eigenvalue weighted by atomic mass is 10.1. The van der Waals surface area contributed by atoms with Gasteiger partial charge < -0.3 is 15.0 Å². The normalized spacial score (nSPS) is 16.1. The summed E-state index contributed by atoms with van der Waals surface area (Å²) in [5, 5.41) is 3.41. The molecular formula is C15H21BrN2O2. The van der Waals surface area contributed by atoms with Crippen LogP contribution in [0, 0.1) is 5.92 Å². The fraction of sp³-hybridized carbons (Fsp3) is 0.533. The molecule has 1 aliphatic rings. The van der Waals surface area contributed by atoms with E-state index in [0.717, 1.165) is 22.5 Å². The molecule has 1 heterocycles. The van der Waals surface area contributed by atoms with E-state index in [1.807, 2.05) is 23.1 Å². The summed E-state index contributed by atoms with van der Waals surface area (Å²) in [6.07, 6.45) is 0. The van der Waals surface area contributed by atoms with Gasteiger partial charge in [-0.2, -0.15) is 0 Å². The van der Waals surface area contributed by atoms with E-state index in [4.69, 9.17) is 4.74 Å². The Kier molecular flexibility index (Phi) is 5.05. The molecule has 2 rings (SSSR count). The molecule has 0 saturated heterocycles. The number of amides is 1. The lowest BCUT2D eigenvalue weighted by Gasteiger charge is -2.31. The van der Waals surface area contributed by atoms with Gasteiger partial charge in [0.15, 0.2) is 6.61 Å². The largest absolute Gasteiger partial charge is 0.482 e. The molecule has 0 saturated carbocycles. The monoisotopic (exact) mass is 340 g/mol. The Labute approximate surface area is 128 Å². The van der Waals surface area contributed by atoms with Gasteiger partial charge in [-0.15, -0.1) is 0 Å². The van der Waals surface area contributed by atoms with Crippen molar-refractivity contribution in [1.29, 1.82) is 0 Å². The summed E-state index contributed by atoms with van der Waals surface area (Å²) in [6.45, 7) is 8.11. The fourth-order valence-corrected chi connectivity index (χ4v) is 2.54. The molecule has 0 aromatic heterocycles. The number of rotatable bonds is 5. The first-order valence-electron chi connectivity index (χ1n) is 6.93. The predicted molar refractivity (Wildman–Crippen MR) is 84.3 cm³/mol. The molecular weight excluding hydrogens is 320 g/mol. The summed E-state index contributed by atoms with van der Waals surface area (Å²) in [6, 6.07) is 6.22. The third kappa shape index (κ3) is 3.73. The molecule has 0 fully saturated rings. The highest BCUT2D eigenvalue weighted by Gasteiger charge is 2.26. The third-order valence-electron chi connectivity index (χ3n) is 3.23. The van der Waals surface area contributed by atoms with E-state index in [0.29, 0.717) is 18.5 Å². The summed E-state index contributed by atoms with van der Waals surface area (Å²) in [4.78, 5) is 13.9. The lowest BCUT2D eigenvalue weighted by Crippen LogP contribution is -2.43. The number of carbonyl (C=O) groups is 1. The van der Waals surface area contributed by atoms with Gasteiger partial charge in [-0.25, -0.2) is 0 Å². The highest BCUT2D eigenvalue weighted by atomic mass is 79.9. The van der Waals surface area contributed by atoms with Gasteiger partial charge in [0.25, 0.3) is 5.91 Å². The molecule has 1 amide bonds. The van der Waals surface area contributed by atoms with Crippen LogP contribution in [0.25, 0.3) is 0 Å². The molecule has 1 aromatic rings. The van der Waals surface area contributed by atoms with Crippen molar-refractivity contribution >= 4 is 27.5 Å². The number of halogens is 1. The Morgan fingerprint density at radius 2 is 2.15 bits per heavy atom. The summed E-state index contributed by atoms with van der Waals surface area (Å²) in [5.74, 6) is 1.18. The van der Waals surface area contributed by atoms with E-state index < -0.39 is 0 Å². The molecule has 110 valence electrons. The minimum atomic E-state index is 0.0204. The van der Waals surface area contributed by atoms with Gasteiger partial charge in [-0.05, 0) is 30.7 Å². The Morgan fingerprint density at radius 3 is 2.85 bits per heavy atom. The summed E-state index contributed by atoms with van der Waals surface area (Å²) in [7, 11) is 0. The van der Waals surface area contributed by atoms with Crippen molar-refractivity contribution in [3.63, 3.8) is 0 Å². The zero-order chi connectivity index (χ0) is 14.7. The Morgan fingerprint density at radius 1 is 1.40 bits per heavy atom. The van der Waals surface area contributed by atoms with E-state index in [2.05, 4.69) is 42.0 Å². The standard InChI is InChI=1S/C15H21BrN2O2/c1-10(2)17-7-11(3)8-18-13-6-12(16)4-5-14(13)20-9-15(18)19/h4-6,10-11,17H,7-9H2,1-3H3. The molecule has 0 bridgehead atoms. The van der Waals surface area contributed by atoms with Crippen LogP contribution in [-0.2, 0) is 4.79 Å². The summed E-state index contributed by atoms with van der Waals surface area (Å²) in [5.41, 5.74) is 0.854. The van der Waals surface area contributed by atoms with Gasteiger partial charge in [0.1, 0.15) is 5.75 Å². The predicted octanol–water partition coefficient (Wildman–Crippen LogP) is 2.81. The minimum absolute atomic E-state index is 0.0204. The maximum atomic E-state index is 12.1. The van der Waals surface area contributed by atoms with Crippen LogP contribution < -0.4 is 15.0 Å². The molecule has 0 spiro atoms. The molecule has 1 aliphatic heterocycles. The van der Waals surface area contributed by atoms with Gasteiger partial charge in [-0.1, -0.05) is 36.7 Å². The maximum Gasteiger partial charge on any atom is 0.265 e.